The van der Waals surface area contributed by atoms with Crippen LogP contribution in [0.5, 0.6) is 0 Å². The van der Waals surface area contributed by atoms with Gasteiger partial charge in [0.05, 0.1) is 4.90 Å². The van der Waals surface area contributed by atoms with Crippen LogP contribution >= 0.6 is 15.9 Å². The maximum absolute atomic E-state index is 13.5. The fourth-order valence-electron chi connectivity index (χ4n) is 2.40. The van der Waals surface area contributed by atoms with Crippen LogP contribution in [0.3, 0.4) is 0 Å². The molecule has 1 unspecified atom stereocenters. The summed E-state index contributed by atoms with van der Waals surface area (Å²) in [6, 6.07) is 11.0. The van der Waals surface area contributed by atoms with Crippen molar-refractivity contribution >= 4 is 26.0 Å². The predicted octanol–water partition coefficient (Wildman–Crippen LogP) is 3.48. The van der Waals surface area contributed by atoms with Gasteiger partial charge in [-0.1, -0.05) is 18.2 Å². The number of nitrogens with one attached hydrogen (secondary N) is 1. The molecule has 7 heteroatoms. The standard InChI is InChI=1S/C17H20BrFN2O2S/c1-12-7-8-17(15(18)9-12)24(22,23)20-11-16(21(2)3)13-5-4-6-14(19)10-13/h4-10,16,20H,11H2,1-3H3. The molecule has 0 aliphatic heterocycles. The molecule has 0 fully saturated rings. The molecule has 4 nitrogen and oxygen atoms in total. The molecule has 2 aromatic carbocycles. The van der Waals surface area contributed by atoms with E-state index >= 15 is 0 Å². The topological polar surface area (TPSA) is 49.4 Å². The molecule has 0 radical (unpaired) electrons. The van der Waals surface area contributed by atoms with E-state index in [1.165, 1.54) is 12.1 Å². The van der Waals surface area contributed by atoms with E-state index in [0.717, 1.165) is 5.56 Å². The Hall–Kier alpha value is -1.28. The quantitative estimate of drug-likeness (QED) is 0.786. The van der Waals surface area contributed by atoms with Gasteiger partial charge < -0.3 is 4.90 Å². The molecule has 0 amide bonds. The molecule has 0 heterocycles. The van der Waals surface area contributed by atoms with Gasteiger partial charge in [-0.2, -0.15) is 0 Å². The Labute approximate surface area is 150 Å². The van der Waals surface area contributed by atoms with E-state index in [-0.39, 0.29) is 23.3 Å². The summed E-state index contributed by atoms with van der Waals surface area (Å²) in [5.41, 5.74) is 1.68. The zero-order valence-electron chi connectivity index (χ0n) is 13.8. The predicted molar refractivity (Wildman–Crippen MR) is 96.9 cm³/mol. The van der Waals surface area contributed by atoms with Gasteiger partial charge in [-0.15, -0.1) is 0 Å². The summed E-state index contributed by atoms with van der Waals surface area (Å²) in [7, 11) is -0.0216. The molecule has 0 aliphatic carbocycles. The molecule has 1 atom stereocenters. The largest absolute Gasteiger partial charge is 0.301 e. The fraction of sp³-hybridized carbons (Fsp3) is 0.294. The monoisotopic (exact) mass is 414 g/mol. The molecule has 24 heavy (non-hydrogen) atoms. The first-order chi connectivity index (χ1) is 11.2. The summed E-state index contributed by atoms with van der Waals surface area (Å²) < 4.78 is 41.7. The minimum Gasteiger partial charge on any atom is -0.301 e. The number of hydrogen-bond acceptors (Lipinski definition) is 3. The van der Waals surface area contributed by atoms with Gasteiger partial charge in [0.2, 0.25) is 10.0 Å². The van der Waals surface area contributed by atoms with Crippen molar-refractivity contribution in [2.75, 3.05) is 20.6 Å². The maximum Gasteiger partial charge on any atom is 0.241 e. The lowest BCUT2D eigenvalue weighted by molar-refractivity contribution is 0.299. The lowest BCUT2D eigenvalue weighted by atomic mass is 10.1. The number of sulfonamides is 1. The first-order valence-electron chi connectivity index (χ1n) is 7.38. The lowest BCUT2D eigenvalue weighted by Gasteiger charge is -2.25. The Morgan fingerprint density at radius 2 is 1.92 bits per heavy atom. The van der Waals surface area contributed by atoms with Crippen molar-refractivity contribution in [1.29, 1.82) is 0 Å². The third-order valence-corrected chi connectivity index (χ3v) is 6.10. The number of halogens is 2. The number of nitrogens with zero attached hydrogens (tertiary/aromatic N) is 1. The molecule has 130 valence electrons. The van der Waals surface area contributed by atoms with Crippen molar-refractivity contribution in [2.24, 2.45) is 0 Å². The second kappa shape index (κ2) is 7.74. The molecular formula is C17H20BrFN2O2S. The molecule has 0 bridgehead atoms. The molecule has 2 rings (SSSR count). The minimum absolute atomic E-state index is 0.138. The molecular weight excluding hydrogens is 395 g/mol. The van der Waals surface area contributed by atoms with Crippen molar-refractivity contribution in [2.45, 2.75) is 17.9 Å². The van der Waals surface area contributed by atoms with E-state index in [0.29, 0.717) is 10.0 Å². The van der Waals surface area contributed by atoms with Gasteiger partial charge in [-0.05, 0) is 72.3 Å². The van der Waals surface area contributed by atoms with E-state index < -0.39 is 10.0 Å². The van der Waals surface area contributed by atoms with Crippen LogP contribution in [0, 0.1) is 12.7 Å². The van der Waals surface area contributed by atoms with Crippen LogP contribution in [0.25, 0.3) is 0 Å². The fourth-order valence-corrected chi connectivity index (χ4v) is 4.63. The molecule has 0 saturated heterocycles. The van der Waals surface area contributed by atoms with Crippen molar-refractivity contribution in [3.05, 3.63) is 63.9 Å². The van der Waals surface area contributed by atoms with Crippen molar-refractivity contribution in [3.63, 3.8) is 0 Å². The highest BCUT2D eigenvalue weighted by molar-refractivity contribution is 9.10. The molecule has 0 aromatic heterocycles. The zero-order chi connectivity index (χ0) is 17.9. The molecule has 0 spiro atoms. The van der Waals surface area contributed by atoms with Gasteiger partial charge in [0.15, 0.2) is 0 Å². The Kier molecular flexibility index (Phi) is 6.14. The summed E-state index contributed by atoms with van der Waals surface area (Å²) in [5.74, 6) is -0.344. The Morgan fingerprint density at radius 3 is 2.50 bits per heavy atom. The summed E-state index contributed by atoms with van der Waals surface area (Å²) in [6.07, 6.45) is 0. The van der Waals surface area contributed by atoms with Gasteiger partial charge in [0.25, 0.3) is 0 Å². The molecule has 0 aliphatic rings. The van der Waals surface area contributed by atoms with E-state index in [4.69, 9.17) is 0 Å². The van der Waals surface area contributed by atoms with Crippen LogP contribution in [-0.4, -0.2) is 34.0 Å². The molecule has 2 aromatic rings. The lowest BCUT2D eigenvalue weighted by Crippen LogP contribution is -2.34. The van der Waals surface area contributed by atoms with Crippen LogP contribution in [-0.2, 0) is 10.0 Å². The Bertz CT molecular complexity index is 825. The number of rotatable bonds is 6. The zero-order valence-corrected chi connectivity index (χ0v) is 16.2. The summed E-state index contributed by atoms with van der Waals surface area (Å²) in [5, 5.41) is 0. The van der Waals surface area contributed by atoms with Gasteiger partial charge in [-0.3, -0.25) is 0 Å². The highest BCUT2D eigenvalue weighted by Gasteiger charge is 2.21. The van der Waals surface area contributed by atoms with E-state index in [1.54, 1.807) is 30.3 Å². The number of benzene rings is 2. The highest BCUT2D eigenvalue weighted by Crippen LogP contribution is 2.24. The Balaban J connectivity index is 2.22. The van der Waals surface area contributed by atoms with Crippen LogP contribution in [0.15, 0.2) is 51.8 Å². The van der Waals surface area contributed by atoms with Crippen LogP contribution in [0.1, 0.15) is 17.2 Å². The van der Waals surface area contributed by atoms with Gasteiger partial charge in [-0.25, -0.2) is 17.5 Å². The van der Waals surface area contributed by atoms with Crippen LogP contribution < -0.4 is 4.72 Å². The van der Waals surface area contributed by atoms with Crippen molar-refractivity contribution < 1.29 is 12.8 Å². The maximum atomic E-state index is 13.5. The second-order valence-corrected chi connectivity index (χ2v) is 8.41. The summed E-state index contributed by atoms with van der Waals surface area (Å²) in [4.78, 5) is 2.03. The average Bonchev–Trinajstić information content (AvgIpc) is 2.46. The Morgan fingerprint density at radius 1 is 1.21 bits per heavy atom. The van der Waals surface area contributed by atoms with Gasteiger partial charge in [0.1, 0.15) is 5.82 Å². The second-order valence-electron chi connectivity index (χ2n) is 5.82. The highest BCUT2D eigenvalue weighted by atomic mass is 79.9. The summed E-state index contributed by atoms with van der Waals surface area (Å²) >= 11 is 3.29. The normalized spacial score (nSPS) is 13.2. The number of hydrogen-bond donors (Lipinski definition) is 1. The molecule has 0 saturated carbocycles. The van der Waals surface area contributed by atoms with Crippen LogP contribution in [0.2, 0.25) is 0 Å². The smallest absolute Gasteiger partial charge is 0.241 e. The minimum atomic E-state index is -3.67. The SMILES string of the molecule is Cc1ccc(S(=O)(=O)NCC(c2cccc(F)c2)N(C)C)c(Br)c1. The first kappa shape index (κ1) is 19.1. The third kappa shape index (κ3) is 4.63. The number of aryl methyl sites for hydroxylation is 1. The van der Waals surface area contributed by atoms with Gasteiger partial charge in [0, 0.05) is 17.1 Å². The van der Waals surface area contributed by atoms with E-state index in [2.05, 4.69) is 20.7 Å². The number of likely N-dealkylation sites (N-methyl/N-ethyl adjacent to an activating group) is 1. The molecule has 1 N–H and O–H groups in total. The van der Waals surface area contributed by atoms with E-state index in [1.807, 2.05) is 25.9 Å². The summed E-state index contributed by atoms with van der Waals surface area (Å²) in [6.45, 7) is 2.03. The van der Waals surface area contributed by atoms with Crippen molar-refractivity contribution in [3.8, 4) is 0 Å². The van der Waals surface area contributed by atoms with Gasteiger partial charge >= 0.3 is 0 Å². The van der Waals surface area contributed by atoms with E-state index in [9.17, 15) is 12.8 Å². The van der Waals surface area contributed by atoms with Crippen LogP contribution in [0.4, 0.5) is 4.39 Å². The first-order valence-corrected chi connectivity index (χ1v) is 9.66. The third-order valence-electron chi connectivity index (χ3n) is 3.70. The van der Waals surface area contributed by atoms with Crippen molar-refractivity contribution in [1.82, 2.24) is 9.62 Å². The average molecular weight is 415 g/mol.